The summed E-state index contributed by atoms with van der Waals surface area (Å²) in [5.74, 6) is -2.16. The molecule has 0 aromatic heterocycles. The summed E-state index contributed by atoms with van der Waals surface area (Å²) in [6.45, 7) is 8.19. The van der Waals surface area contributed by atoms with Gasteiger partial charge in [-0.3, -0.25) is 14.6 Å². The molecular weight excluding hydrogens is 596 g/mol. The minimum Gasteiger partial charge on any atom is -0.491 e. The molecule has 0 unspecified atom stereocenters. The Labute approximate surface area is 245 Å². The van der Waals surface area contributed by atoms with Gasteiger partial charge in [0.25, 0.3) is 5.91 Å². The number of carbonyl (C=O) groups excluding carboxylic acids is 1. The third-order valence-corrected chi connectivity index (χ3v) is 7.34. The SMILES string of the molecule is O=C(N[C@H]1CCN(Cc2ccc(OCCN3CCNCC3)c(Cl)c2)C1)c1ccc(Cl)c(Cl)c1.O=C(O)C(F)(F)F. The van der Waals surface area contributed by atoms with Crippen LogP contribution in [0.4, 0.5) is 13.2 Å². The first-order valence-corrected chi connectivity index (χ1v) is 13.7. The number of halogens is 6. The number of carboxylic acids is 1. The van der Waals surface area contributed by atoms with Crippen LogP contribution in [0, 0.1) is 0 Å². The maximum Gasteiger partial charge on any atom is 0.490 e. The molecule has 0 spiro atoms. The first-order chi connectivity index (χ1) is 18.9. The lowest BCUT2D eigenvalue weighted by molar-refractivity contribution is -0.192. The molecule has 2 aromatic carbocycles. The van der Waals surface area contributed by atoms with Gasteiger partial charge in [-0.25, -0.2) is 4.79 Å². The average molecular weight is 626 g/mol. The molecule has 14 heteroatoms. The Bertz CT molecular complexity index is 1170. The second kappa shape index (κ2) is 15.1. The van der Waals surface area contributed by atoms with Gasteiger partial charge in [0, 0.05) is 64.0 Å². The summed E-state index contributed by atoms with van der Waals surface area (Å²) in [5.41, 5.74) is 1.65. The Morgan fingerprint density at radius 3 is 2.33 bits per heavy atom. The van der Waals surface area contributed by atoms with Crippen molar-refractivity contribution in [3.63, 3.8) is 0 Å². The van der Waals surface area contributed by atoms with E-state index in [0.717, 1.165) is 70.1 Å². The van der Waals surface area contributed by atoms with E-state index in [1.807, 2.05) is 12.1 Å². The smallest absolute Gasteiger partial charge is 0.490 e. The highest BCUT2D eigenvalue weighted by molar-refractivity contribution is 6.42. The lowest BCUT2D eigenvalue weighted by Crippen LogP contribution is -2.44. The van der Waals surface area contributed by atoms with Crippen molar-refractivity contribution in [2.45, 2.75) is 25.2 Å². The fraction of sp³-hybridized carbons (Fsp3) is 0.462. The topological polar surface area (TPSA) is 94.1 Å². The molecule has 40 heavy (non-hydrogen) atoms. The van der Waals surface area contributed by atoms with Crippen LogP contribution in [-0.2, 0) is 11.3 Å². The summed E-state index contributed by atoms with van der Waals surface area (Å²) in [5, 5.41) is 15.0. The van der Waals surface area contributed by atoms with Crippen LogP contribution in [0.15, 0.2) is 36.4 Å². The summed E-state index contributed by atoms with van der Waals surface area (Å²) >= 11 is 18.5. The molecule has 0 saturated carbocycles. The first-order valence-electron chi connectivity index (χ1n) is 12.5. The molecule has 1 atom stereocenters. The lowest BCUT2D eigenvalue weighted by atomic mass is 10.2. The minimum atomic E-state index is -5.08. The second-order valence-corrected chi connectivity index (χ2v) is 10.6. The van der Waals surface area contributed by atoms with Gasteiger partial charge in [-0.1, -0.05) is 40.9 Å². The van der Waals surface area contributed by atoms with E-state index in [2.05, 4.69) is 26.5 Å². The van der Waals surface area contributed by atoms with Gasteiger partial charge in [0.15, 0.2) is 0 Å². The van der Waals surface area contributed by atoms with E-state index in [9.17, 15) is 18.0 Å². The highest BCUT2D eigenvalue weighted by Gasteiger charge is 2.38. The molecule has 3 N–H and O–H groups in total. The maximum atomic E-state index is 12.5. The predicted octanol–water partition coefficient (Wildman–Crippen LogP) is 4.57. The molecule has 4 rings (SSSR count). The van der Waals surface area contributed by atoms with E-state index in [1.54, 1.807) is 18.2 Å². The summed E-state index contributed by atoms with van der Waals surface area (Å²) in [6, 6.07) is 11.0. The molecular formula is C26H30Cl3F3N4O4. The number of aliphatic carboxylic acids is 1. The number of hydrogen-bond acceptors (Lipinski definition) is 6. The van der Waals surface area contributed by atoms with Gasteiger partial charge in [-0.05, 0) is 42.3 Å². The van der Waals surface area contributed by atoms with Gasteiger partial charge in [0.1, 0.15) is 12.4 Å². The van der Waals surface area contributed by atoms with Crippen LogP contribution in [0.2, 0.25) is 15.1 Å². The van der Waals surface area contributed by atoms with Crippen LogP contribution in [0.25, 0.3) is 0 Å². The number of alkyl halides is 3. The number of nitrogens with zero attached hydrogens (tertiary/aromatic N) is 2. The summed E-state index contributed by atoms with van der Waals surface area (Å²) in [7, 11) is 0. The number of benzene rings is 2. The molecule has 0 aliphatic carbocycles. The number of ether oxygens (including phenoxy) is 1. The van der Waals surface area contributed by atoms with Gasteiger partial charge in [-0.15, -0.1) is 0 Å². The first kappa shape index (κ1) is 32.2. The molecule has 2 saturated heterocycles. The number of hydrogen-bond donors (Lipinski definition) is 3. The van der Waals surface area contributed by atoms with Crippen LogP contribution in [0.3, 0.4) is 0 Å². The fourth-order valence-electron chi connectivity index (χ4n) is 4.24. The number of rotatable bonds is 8. The monoisotopic (exact) mass is 624 g/mol. The van der Waals surface area contributed by atoms with Crippen LogP contribution in [0.1, 0.15) is 22.3 Å². The number of nitrogens with one attached hydrogen (secondary N) is 2. The van der Waals surface area contributed by atoms with Crippen molar-refractivity contribution in [1.29, 1.82) is 0 Å². The molecule has 1 amide bonds. The highest BCUT2D eigenvalue weighted by atomic mass is 35.5. The number of piperazine rings is 1. The number of amides is 1. The zero-order valence-electron chi connectivity index (χ0n) is 21.4. The largest absolute Gasteiger partial charge is 0.491 e. The van der Waals surface area contributed by atoms with E-state index < -0.39 is 12.1 Å². The zero-order chi connectivity index (χ0) is 29.3. The van der Waals surface area contributed by atoms with Gasteiger partial charge in [-0.2, -0.15) is 13.2 Å². The average Bonchev–Trinajstić information content (AvgIpc) is 3.33. The van der Waals surface area contributed by atoms with Gasteiger partial charge in [0.2, 0.25) is 0 Å². The molecule has 2 aliphatic rings. The summed E-state index contributed by atoms with van der Waals surface area (Å²) in [4.78, 5) is 26.1. The normalized spacial score (nSPS) is 18.1. The van der Waals surface area contributed by atoms with E-state index in [4.69, 9.17) is 49.4 Å². The Hall–Kier alpha value is -2.28. The second-order valence-electron chi connectivity index (χ2n) is 9.33. The van der Waals surface area contributed by atoms with Crippen LogP contribution in [-0.4, -0.2) is 91.4 Å². The third kappa shape index (κ3) is 10.3. The third-order valence-electron chi connectivity index (χ3n) is 6.31. The predicted molar refractivity (Wildman–Crippen MR) is 148 cm³/mol. The zero-order valence-corrected chi connectivity index (χ0v) is 23.7. The van der Waals surface area contributed by atoms with E-state index in [1.165, 1.54) is 0 Å². The molecule has 2 aromatic rings. The highest BCUT2D eigenvalue weighted by Crippen LogP contribution is 2.27. The lowest BCUT2D eigenvalue weighted by Gasteiger charge is -2.27. The molecule has 220 valence electrons. The summed E-state index contributed by atoms with van der Waals surface area (Å²) in [6.07, 6.45) is -4.19. The molecule has 0 radical (unpaired) electrons. The van der Waals surface area contributed by atoms with Crippen molar-refractivity contribution in [3.05, 3.63) is 62.6 Å². The number of carbonyl (C=O) groups is 2. The van der Waals surface area contributed by atoms with Gasteiger partial charge in [0.05, 0.1) is 15.1 Å². The molecule has 2 fully saturated rings. The Morgan fingerprint density at radius 2 is 1.70 bits per heavy atom. The maximum absolute atomic E-state index is 12.5. The quantitative estimate of drug-likeness (QED) is 0.396. The van der Waals surface area contributed by atoms with Crippen molar-refractivity contribution in [2.24, 2.45) is 0 Å². The van der Waals surface area contributed by atoms with E-state index in [-0.39, 0.29) is 11.9 Å². The van der Waals surface area contributed by atoms with E-state index in [0.29, 0.717) is 27.2 Å². The number of likely N-dealkylation sites (tertiary alicyclic amines) is 1. The van der Waals surface area contributed by atoms with Crippen LogP contribution in [0.5, 0.6) is 5.75 Å². The Morgan fingerprint density at radius 1 is 1.00 bits per heavy atom. The molecule has 2 aliphatic heterocycles. The van der Waals surface area contributed by atoms with Crippen molar-refractivity contribution in [2.75, 3.05) is 52.4 Å². The van der Waals surface area contributed by atoms with Crippen molar-refractivity contribution >= 4 is 46.7 Å². The Balaban J connectivity index is 0.000000559. The van der Waals surface area contributed by atoms with E-state index >= 15 is 0 Å². The number of carboxylic acid groups (broad SMARTS) is 1. The van der Waals surface area contributed by atoms with Gasteiger partial charge >= 0.3 is 12.1 Å². The molecule has 8 nitrogen and oxygen atoms in total. The van der Waals surface area contributed by atoms with Crippen molar-refractivity contribution < 1.29 is 32.6 Å². The standard InChI is InChI=1S/C24H29Cl3N4O2.C2HF3O2/c25-20-3-2-18(14-21(20)26)24(32)29-19-5-8-31(16-19)15-17-1-4-23(22(27)13-17)33-12-11-30-9-6-28-7-10-30;3-2(4,5)1(6)7/h1-4,13-14,19,28H,5-12,15-16H2,(H,29,32);(H,6,7)/t19-;/m0./s1. The van der Waals surface area contributed by atoms with Crippen molar-refractivity contribution in [3.8, 4) is 5.75 Å². The molecule has 2 heterocycles. The minimum absolute atomic E-state index is 0.0926. The van der Waals surface area contributed by atoms with Gasteiger partial charge < -0.3 is 20.5 Å². The van der Waals surface area contributed by atoms with Crippen LogP contribution >= 0.6 is 34.8 Å². The summed E-state index contributed by atoms with van der Waals surface area (Å²) < 4.78 is 37.6. The Kier molecular flexibility index (Phi) is 12.2. The fourth-order valence-corrected chi connectivity index (χ4v) is 4.79. The molecule has 0 bridgehead atoms. The van der Waals surface area contributed by atoms with Crippen LogP contribution < -0.4 is 15.4 Å². The van der Waals surface area contributed by atoms with Crippen molar-refractivity contribution in [1.82, 2.24) is 20.4 Å².